The third kappa shape index (κ3) is 3.20. The number of ether oxygens (including phenoxy) is 1. The fourth-order valence-electron chi connectivity index (χ4n) is 2.53. The summed E-state index contributed by atoms with van der Waals surface area (Å²) in [5.74, 6) is 1.67. The lowest BCUT2D eigenvalue weighted by Gasteiger charge is -2.22. The SMILES string of the molecule is CCOc1ccccc1C1(NC(=S)Nc2ccccn2)CC1. The normalized spacial score (nSPS) is 15.0. The number of aromatic nitrogens is 1. The summed E-state index contributed by atoms with van der Waals surface area (Å²) in [5.41, 5.74) is 1.05. The van der Waals surface area contributed by atoms with Crippen molar-refractivity contribution < 1.29 is 4.74 Å². The molecule has 2 N–H and O–H groups in total. The number of pyridine rings is 1. The van der Waals surface area contributed by atoms with Gasteiger partial charge in [-0.05, 0) is 50.2 Å². The van der Waals surface area contributed by atoms with Crippen LogP contribution in [0.4, 0.5) is 5.82 Å². The molecule has 1 heterocycles. The second kappa shape index (κ2) is 6.32. The Morgan fingerprint density at radius 1 is 1.23 bits per heavy atom. The highest BCUT2D eigenvalue weighted by atomic mass is 32.1. The van der Waals surface area contributed by atoms with Crippen LogP contribution in [0.15, 0.2) is 48.7 Å². The maximum absolute atomic E-state index is 5.75. The molecule has 1 aliphatic rings. The molecule has 0 unspecified atom stereocenters. The van der Waals surface area contributed by atoms with E-state index in [9.17, 15) is 0 Å². The predicted molar refractivity (Wildman–Crippen MR) is 92.1 cm³/mol. The van der Waals surface area contributed by atoms with Crippen LogP contribution >= 0.6 is 12.2 Å². The van der Waals surface area contributed by atoms with E-state index >= 15 is 0 Å². The lowest BCUT2D eigenvalue weighted by Crippen LogP contribution is -2.38. The zero-order valence-corrected chi connectivity index (χ0v) is 13.3. The number of nitrogens with one attached hydrogen (secondary N) is 2. The third-order valence-corrected chi connectivity index (χ3v) is 3.92. The van der Waals surface area contributed by atoms with E-state index in [0.29, 0.717) is 11.7 Å². The number of anilines is 1. The highest BCUT2D eigenvalue weighted by Crippen LogP contribution is 2.48. The minimum Gasteiger partial charge on any atom is -0.494 e. The van der Waals surface area contributed by atoms with Gasteiger partial charge in [-0.2, -0.15) is 0 Å². The summed E-state index contributed by atoms with van der Waals surface area (Å²) < 4.78 is 5.75. The number of nitrogens with zero attached hydrogens (tertiary/aromatic N) is 1. The molecule has 0 aliphatic heterocycles. The Bertz CT molecular complexity index is 656. The lowest BCUT2D eigenvalue weighted by molar-refractivity contribution is 0.332. The molecule has 0 atom stereocenters. The van der Waals surface area contributed by atoms with Crippen molar-refractivity contribution in [2.75, 3.05) is 11.9 Å². The van der Waals surface area contributed by atoms with Gasteiger partial charge in [0.1, 0.15) is 11.6 Å². The molecule has 3 rings (SSSR count). The molecule has 2 aromatic rings. The van der Waals surface area contributed by atoms with E-state index in [1.807, 2.05) is 43.3 Å². The zero-order chi connectivity index (χ0) is 15.4. The predicted octanol–water partition coefficient (Wildman–Crippen LogP) is 3.46. The van der Waals surface area contributed by atoms with Gasteiger partial charge in [-0.3, -0.25) is 0 Å². The quantitative estimate of drug-likeness (QED) is 0.828. The van der Waals surface area contributed by atoms with Gasteiger partial charge in [0.05, 0.1) is 12.1 Å². The minimum absolute atomic E-state index is 0.120. The first-order chi connectivity index (χ1) is 10.7. The highest BCUT2D eigenvalue weighted by Gasteiger charge is 2.46. The maximum Gasteiger partial charge on any atom is 0.172 e. The lowest BCUT2D eigenvalue weighted by atomic mass is 10.0. The molecule has 5 heteroatoms. The molecule has 114 valence electrons. The van der Waals surface area contributed by atoms with Gasteiger partial charge >= 0.3 is 0 Å². The molecule has 1 aromatic carbocycles. The molecule has 1 aliphatic carbocycles. The second-order valence-corrected chi connectivity index (χ2v) is 5.71. The van der Waals surface area contributed by atoms with Crippen LogP contribution < -0.4 is 15.4 Å². The van der Waals surface area contributed by atoms with Crippen LogP contribution in [0.25, 0.3) is 0 Å². The summed E-state index contributed by atoms with van der Waals surface area (Å²) in [5, 5.41) is 7.14. The van der Waals surface area contributed by atoms with Crippen LogP contribution in [-0.4, -0.2) is 16.7 Å². The molecular weight excluding hydrogens is 294 g/mol. The van der Waals surface area contributed by atoms with E-state index in [4.69, 9.17) is 17.0 Å². The first-order valence-electron chi connectivity index (χ1n) is 7.46. The number of rotatable bonds is 5. The fraction of sp³-hybridized carbons (Fsp3) is 0.294. The van der Waals surface area contributed by atoms with Crippen LogP contribution in [0, 0.1) is 0 Å². The monoisotopic (exact) mass is 313 g/mol. The molecule has 0 saturated heterocycles. The number of hydrogen-bond acceptors (Lipinski definition) is 3. The van der Waals surface area contributed by atoms with Crippen molar-refractivity contribution in [2.45, 2.75) is 25.3 Å². The van der Waals surface area contributed by atoms with Gasteiger partial charge in [-0.1, -0.05) is 24.3 Å². The molecule has 0 bridgehead atoms. The average molecular weight is 313 g/mol. The molecule has 1 saturated carbocycles. The van der Waals surface area contributed by atoms with Gasteiger partial charge in [0.2, 0.25) is 0 Å². The van der Waals surface area contributed by atoms with Crippen molar-refractivity contribution in [3.8, 4) is 5.75 Å². The van der Waals surface area contributed by atoms with Crippen LogP contribution in [0.1, 0.15) is 25.3 Å². The Balaban J connectivity index is 1.73. The number of benzene rings is 1. The summed E-state index contributed by atoms with van der Waals surface area (Å²) in [6, 6.07) is 13.8. The van der Waals surface area contributed by atoms with Crippen molar-refractivity contribution >= 4 is 23.1 Å². The highest BCUT2D eigenvalue weighted by molar-refractivity contribution is 7.80. The Kier molecular flexibility index (Phi) is 4.24. The number of para-hydroxylation sites is 1. The molecule has 0 amide bonds. The van der Waals surface area contributed by atoms with Crippen molar-refractivity contribution in [3.05, 3.63) is 54.2 Å². The van der Waals surface area contributed by atoms with E-state index in [2.05, 4.69) is 21.7 Å². The van der Waals surface area contributed by atoms with E-state index in [0.717, 1.165) is 24.4 Å². The van der Waals surface area contributed by atoms with Gasteiger partial charge in [0.25, 0.3) is 0 Å². The first kappa shape index (κ1) is 14.8. The van der Waals surface area contributed by atoms with Gasteiger partial charge in [0.15, 0.2) is 5.11 Å². The summed E-state index contributed by atoms with van der Waals surface area (Å²) >= 11 is 5.43. The van der Waals surface area contributed by atoms with Gasteiger partial charge in [0, 0.05) is 11.8 Å². The number of thiocarbonyl (C=S) groups is 1. The third-order valence-electron chi connectivity index (χ3n) is 3.71. The smallest absolute Gasteiger partial charge is 0.172 e. The van der Waals surface area contributed by atoms with E-state index in [-0.39, 0.29) is 5.54 Å². The average Bonchev–Trinajstić information content (AvgIpc) is 3.29. The van der Waals surface area contributed by atoms with Crippen molar-refractivity contribution in [3.63, 3.8) is 0 Å². The van der Waals surface area contributed by atoms with E-state index in [1.165, 1.54) is 5.56 Å². The summed E-state index contributed by atoms with van der Waals surface area (Å²) in [6.07, 6.45) is 3.82. The minimum atomic E-state index is -0.120. The van der Waals surface area contributed by atoms with Gasteiger partial charge in [-0.25, -0.2) is 4.98 Å². The van der Waals surface area contributed by atoms with Crippen LogP contribution in [-0.2, 0) is 5.54 Å². The van der Waals surface area contributed by atoms with Crippen molar-refractivity contribution in [1.29, 1.82) is 0 Å². The maximum atomic E-state index is 5.75. The molecule has 0 spiro atoms. The number of hydrogen-bond donors (Lipinski definition) is 2. The standard InChI is InChI=1S/C17H19N3OS/c1-2-21-14-8-4-3-7-13(14)17(10-11-17)20-16(22)19-15-9-5-6-12-18-15/h3-9,12H,2,10-11H2,1H3,(H2,18,19,20,22). The van der Waals surface area contributed by atoms with Gasteiger partial charge in [-0.15, -0.1) is 0 Å². The summed E-state index contributed by atoms with van der Waals surface area (Å²) in [7, 11) is 0. The van der Waals surface area contributed by atoms with Crippen molar-refractivity contribution in [1.82, 2.24) is 10.3 Å². The summed E-state index contributed by atoms with van der Waals surface area (Å²) in [4.78, 5) is 4.23. The second-order valence-electron chi connectivity index (χ2n) is 5.31. The summed E-state index contributed by atoms with van der Waals surface area (Å²) in [6.45, 7) is 2.65. The van der Waals surface area contributed by atoms with Crippen LogP contribution in [0.2, 0.25) is 0 Å². The zero-order valence-electron chi connectivity index (χ0n) is 12.5. The molecule has 1 aromatic heterocycles. The fourth-order valence-corrected chi connectivity index (χ4v) is 2.83. The molecule has 1 fully saturated rings. The van der Waals surface area contributed by atoms with Crippen LogP contribution in [0.5, 0.6) is 5.75 Å². The molecular formula is C17H19N3OS. The molecule has 0 radical (unpaired) electrons. The Morgan fingerprint density at radius 3 is 2.68 bits per heavy atom. The Labute approximate surface area is 135 Å². The van der Waals surface area contributed by atoms with Crippen molar-refractivity contribution in [2.24, 2.45) is 0 Å². The first-order valence-corrected chi connectivity index (χ1v) is 7.87. The molecule has 4 nitrogen and oxygen atoms in total. The largest absolute Gasteiger partial charge is 0.494 e. The Hall–Kier alpha value is -2.14. The van der Waals surface area contributed by atoms with E-state index < -0.39 is 0 Å². The van der Waals surface area contributed by atoms with Crippen LogP contribution in [0.3, 0.4) is 0 Å². The molecule has 22 heavy (non-hydrogen) atoms. The Morgan fingerprint density at radius 2 is 2.00 bits per heavy atom. The topological polar surface area (TPSA) is 46.2 Å². The van der Waals surface area contributed by atoms with Gasteiger partial charge < -0.3 is 15.4 Å². The van der Waals surface area contributed by atoms with E-state index in [1.54, 1.807) is 6.20 Å².